The normalized spacial score (nSPS) is 21.3. The summed E-state index contributed by atoms with van der Waals surface area (Å²) in [5.74, 6) is 0.216. The molecule has 1 fully saturated rings. The van der Waals surface area contributed by atoms with Gasteiger partial charge in [-0.1, -0.05) is 39.0 Å². The second kappa shape index (κ2) is 6.23. The molecule has 1 aromatic carbocycles. The largest absolute Gasteiger partial charge is 0.308 e. The SMILES string of the molecule is Cn1cc(N2CCC(N3CCc4ccc(C(C)(C)C)cc4C3)C2=O)cn1. The van der Waals surface area contributed by atoms with E-state index >= 15 is 0 Å². The first-order valence-corrected chi connectivity index (χ1v) is 9.49. The fourth-order valence-electron chi connectivity index (χ4n) is 4.12. The van der Waals surface area contributed by atoms with Crippen LogP contribution in [0.5, 0.6) is 0 Å². The minimum absolute atomic E-state index is 0.0124. The summed E-state index contributed by atoms with van der Waals surface area (Å²) in [4.78, 5) is 17.3. The molecule has 0 spiro atoms. The lowest BCUT2D eigenvalue weighted by molar-refractivity contribution is -0.122. The van der Waals surface area contributed by atoms with Crippen LogP contribution >= 0.6 is 0 Å². The number of hydrogen-bond acceptors (Lipinski definition) is 3. The number of benzene rings is 1. The van der Waals surface area contributed by atoms with Crippen LogP contribution in [0.4, 0.5) is 5.69 Å². The van der Waals surface area contributed by atoms with Crippen molar-refractivity contribution in [3.8, 4) is 0 Å². The van der Waals surface area contributed by atoms with Crippen molar-refractivity contribution >= 4 is 11.6 Å². The van der Waals surface area contributed by atoms with E-state index in [9.17, 15) is 4.79 Å². The Labute approximate surface area is 155 Å². The maximum Gasteiger partial charge on any atom is 0.244 e. The Hall–Kier alpha value is -2.14. The first-order valence-electron chi connectivity index (χ1n) is 9.49. The molecule has 1 atom stereocenters. The zero-order chi connectivity index (χ0) is 18.5. The van der Waals surface area contributed by atoms with E-state index in [1.807, 2.05) is 18.1 Å². The van der Waals surface area contributed by atoms with E-state index in [0.717, 1.165) is 38.2 Å². The topological polar surface area (TPSA) is 41.4 Å². The Morgan fingerprint density at radius 3 is 2.65 bits per heavy atom. The minimum Gasteiger partial charge on any atom is -0.308 e. The summed E-state index contributed by atoms with van der Waals surface area (Å²) in [7, 11) is 1.88. The van der Waals surface area contributed by atoms with Crippen LogP contribution < -0.4 is 4.90 Å². The monoisotopic (exact) mass is 352 g/mol. The van der Waals surface area contributed by atoms with Gasteiger partial charge in [0.1, 0.15) is 0 Å². The van der Waals surface area contributed by atoms with Crippen molar-refractivity contribution in [1.82, 2.24) is 14.7 Å². The molecule has 1 amide bonds. The maximum atomic E-state index is 13.0. The molecule has 2 aliphatic rings. The first kappa shape index (κ1) is 17.3. The van der Waals surface area contributed by atoms with E-state index in [4.69, 9.17) is 0 Å². The van der Waals surface area contributed by atoms with Gasteiger partial charge in [0.05, 0.1) is 17.9 Å². The molecule has 26 heavy (non-hydrogen) atoms. The molecule has 2 aromatic rings. The number of amides is 1. The molecule has 2 aliphatic heterocycles. The second-order valence-corrected chi connectivity index (χ2v) is 8.62. The molecule has 3 heterocycles. The van der Waals surface area contributed by atoms with Gasteiger partial charge in [-0.2, -0.15) is 5.10 Å². The number of aryl methyl sites for hydroxylation is 1. The van der Waals surface area contributed by atoms with Gasteiger partial charge < -0.3 is 4.90 Å². The van der Waals surface area contributed by atoms with Crippen molar-refractivity contribution in [1.29, 1.82) is 0 Å². The van der Waals surface area contributed by atoms with Crippen LogP contribution in [0.25, 0.3) is 0 Å². The number of fused-ring (bicyclic) bond motifs is 1. The Morgan fingerprint density at radius 2 is 1.96 bits per heavy atom. The molecule has 1 unspecified atom stereocenters. The van der Waals surface area contributed by atoms with E-state index in [0.29, 0.717) is 0 Å². The Balaban J connectivity index is 1.53. The van der Waals surface area contributed by atoms with Crippen molar-refractivity contribution in [3.63, 3.8) is 0 Å². The Kier molecular flexibility index (Phi) is 4.14. The highest BCUT2D eigenvalue weighted by atomic mass is 16.2. The summed E-state index contributed by atoms with van der Waals surface area (Å²) in [6, 6.07) is 6.88. The van der Waals surface area contributed by atoms with E-state index in [1.165, 1.54) is 16.7 Å². The van der Waals surface area contributed by atoms with Gasteiger partial charge in [0, 0.05) is 32.9 Å². The van der Waals surface area contributed by atoms with Crippen LogP contribution in [0.3, 0.4) is 0 Å². The lowest BCUT2D eigenvalue weighted by Crippen LogP contribution is -2.44. The molecular weight excluding hydrogens is 324 g/mol. The summed E-state index contributed by atoms with van der Waals surface area (Å²) in [6.45, 7) is 9.36. The first-order chi connectivity index (χ1) is 12.3. The van der Waals surface area contributed by atoms with E-state index < -0.39 is 0 Å². The second-order valence-electron chi connectivity index (χ2n) is 8.62. The molecule has 1 saturated heterocycles. The van der Waals surface area contributed by atoms with Crippen molar-refractivity contribution in [2.24, 2.45) is 7.05 Å². The van der Waals surface area contributed by atoms with Crippen LogP contribution in [-0.2, 0) is 30.2 Å². The highest BCUT2D eigenvalue weighted by Gasteiger charge is 2.38. The Bertz CT molecular complexity index is 833. The molecule has 5 nitrogen and oxygen atoms in total. The number of hydrogen-bond donors (Lipinski definition) is 0. The summed E-state index contributed by atoms with van der Waals surface area (Å²) in [5, 5.41) is 4.20. The van der Waals surface area contributed by atoms with Gasteiger partial charge >= 0.3 is 0 Å². The predicted octanol–water partition coefficient (Wildman–Crippen LogP) is 2.88. The van der Waals surface area contributed by atoms with Crippen molar-refractivity contribution in [3.05, 3.63) is 47.3 Å². The fourth-order valence-corrected chi connectivity index (χ4v) is 4.12. The van der Waals surface area contributed by atoms with Crippen molar-refractivity contribution in [2.45, 2.75) is 51.6 Å². The predicted molar refractivity (Wildman–Crippen MR) is 103 cm³/mol. The molecule has 5 heteroatoms. The van der Waals surface area contributed by atoms with Gasteiger partial charge in [-0.3, -0.25) is 14.4 Å². The van der Waals surface area contributed by atoms with Gasteiger partial charge in [0.15, 0.2) is 0 Å². The maximum absolute atomic E-state index is 13.0. The average molecular weight is 352 g/mol. The number of nitrogens with zero attached hydrogens (tertiary/aromatic N) is 4. The molecule has 4 rings (SSSR count). The number of anilines is 1. The smallest absolute Gasteiger partial charge is 0.244 e. The van der Waals surface area contributed by atoms with Gasteiger partial charge in [0.2, 0.25) is 5.91 Å². The Morgan fingerprint density at radius 1 is 1.15 bits per heavy atom. The van der Waals surface area contributed by atoms with Crippen LogP contribution in [0, 0.1) is 0 Å². The van der Waals surface area contributed by atoms with E-state index in [-0.39, 0.29) is 17.4 Å². The van der Waals surface area contributed by atoms with Crippen LogP contribution in [0.1, 0.15) is 43.9 Å². The quantitative estimate of drug-likeness (QED) is 0.834. The molecule has 0 aliphatic carbocycles. The van der Waals surface area contributed by atoms with E-state index in [1.54, 1.807) is 10.9 Å². The number of rotatable bonds is 2. The highest BCUT2D eigenvalue weighted by Crippen LogP contribution is 2.31. The van der Waals surface area contributed by atoms with Crippen LogP contribution in [0.2, 0.25) is 0 Å². The number of carbonyl (C=O) groups excluding carboxylic acids is 1. The third kappa shape index (κ3) is 3.05. The van der Waals surface area contributed by atoms with Crippen molar-refractivity contribution < 1.29 is 4.79 Å². The third-order valence-corrected chi connectivity index (χ3v) is 5.74. The highest BCUT2D eigenvalue weighted by molar-refractivity contribution is 5.99. The number of aromatic nitrogens is 2. The van der Waals surface area contributed by atoms with Gasteiger partial charge in [-0.15, -0.1) is 0 Å². The minimum atomic E-state index is -0.0124. The molecular formula is C21H28N4O. The molecule has 0 radical (unpaired) electrons. The zero-order valence-electron chi connectivity index (χ0n) is 16.2. The summed E-state index contributed by atoms with van der Waals surface area (Å²) in [5.41, 5.74) is 5.25. The summed E-state index contributed by atoms with van der Waals surface area (Å²) in [6.07, 6.45) is 5.61. The van der Waals surface area contributed by atoms with Gasteiger partial charge in [0.25, 0.3) is 0 Å². The standard InChI is InChI=1S/C21H28N4O/c1-21(2,3)17-6-5-15-7-9-24(13-16(15)11-17)19-8-10-25(20(19)26)18-12-22-23(4)14-18/h5-6,11-12,14,19H,7-10,13H2,1-4H3. The van der Waals surface area contributed by atoms with Gasteiger partial charge in [-0.05, 0) is 34.9 Å². The molecule has 0 bridgehead atoms. The molecule has 0 N–H and O–H groups in total. The lowest BCUT2D eigenvalue weighted by atomic mass is 9.84. The van der Waals surface area contributed by atoms with Crippen molar-refractivity contribution in [2.75, 3.05) is 18.0 Å². The number of carbonyl (C=O) groups is 1. The summed E-state index contributed by atoms with van der Waals surface area (Å²) >= 11 is 0. The van der Waals surface area contributed by atoms with Crippen LogP contribution in [0.15, 0.2) is 30.6 Å². The molecule has 138 valence electrons. The molecule has 0 saturated carbocycles. The molecule has 1 aromatic heterocycles. The van der Waals surface area contributed by atoms with Crippen LogP contribution in [-0.4, -0.2) is 39.7 Å². The fraction of sp³-hybridized carbons (Fsp3) is 0.524. The zero-order valence-corrected chi connectivity index (χ0v) is 16.2. The summed E-state index contributed by atoms with van der Waals surface area (Å²) < 4.78 is 1.75. The third-order valence-electron chi connectivity index (χ3n) is 5.74. The average Bonchev–Trinajstić information content (AvgIpc) is 3.18. The lowest BCUT2D eigenvalue weighted by Gasteiger charge is -2.33. The van der Waals surface area contributed by atoms with E-state index in [2.05, 4.69) is 49.0 Å². The van der Waals surface area contributed by atoms with Gasteiger partial charge in [-0.25, -0.2) is 0 Å².